The largest absolute Gasteiger partial charge is 0.445 e. The molecule has 1 aromatic carbocycles. The monoisotopic (exact) mass is 353 g/mol. The van der Waals surface area contributed by atoms with Crippen LogP contribution in [0.1, 0.15) is 19.4 Å². The van der Waals surface area contributed by atoms with Crippen LogP contribution in [0.5, 0.6) is 0 Å². The quantitative estimate of drug-likeness (QED) is 0.708. The Labute approximate surface area is 145 Å². The van der Waals surface area contributed by atoms with E-state index >= 15 is 0 Å². The van der Waals surface area contributed by atoms with Crippen molar-refractivity contribution in [3.63, 3.8) is 0 Å². The van der Waals surface area contributed by atoms with E-state index in [-0.39, 0.29) is 13.2 Å². The van der Waals surface area contributed by atoms with Gasteiger partial charge in [0, 0.05) is 0 Å². The fourth-order valence-corrected chi connectivity index (χ4v) is 2.99. The number of carbonyl (C=O) groups excluding carboxylic acids is 1. The number of benzene rings is 1. The van der Waals surface area contributed by atoms with Gasteiger partial charge in [-0.15, -0.1) is 0 Å². The average molecular weight is 353 g/mol. The van der Waals surface area contributed by atoms with Crippen LogP contribution in [-0.4, -0.2) is 59.3 Å². The Balaban J connectivity index is 1.53. The minimum atomic E-state index is -1.41. The highest BCUT2D eigenvalue weighted by Crippen LogP contribution is 2.41. The number of nitrogens with one attached hydrogen (secondary N) is 1. The first-order chi connectivity index (χ1) is 11.9. The van der Waals surface area contributed by atoms with Crippen LogP contribution in [0.3, 0.4) is 0 Å². The lowest BCUT2D eigenvalue weighted by Gasteiger charge is -2.32. The highest BCUT2D eigenvalue weighted by atomic mass is 16.8. The number of hydrogen-bond donors (Lipinski definition) is 3. The summed E-state index contributed by atoms with van der Waals surface area (Å²) in [6.45, 7) is 2.89. The maximum absolute atomic E-state index is 11.9. The number of fused-ring (bicyclic) bond motifs is 1. The summed E-state index contributed by atoms with van der Waals surface area (Å²) in [7, 11) is 0. The average Bonchev–Trinajstić information content (AvgIpc) is 3.03. The summed E-state index contributed by atoms with van der Waals surface area (Å²) in [5.74, 6) is -0.875. The van der Waals surface area contributed by atoms with Crippen molar-refractivity contribution < 1.29 is 34.0 Å². The first kappa shape index (κ1) is 18.1. The van der Waals surface area contributed by atoms with Gasteiger partial charge in [-0.2, -0.15) is 0 Å². The Morgan fingerprint density at radius 3 is 2.60 bits per heavy atom. The van der Waals surface area contributed by atoms with E-state index in [0.717, 1.165) is 5.56 Å². The maximum atomic E-state index is 11.9. The molecule has 0 unspecified atom stereocenters. The molecule has 0 spiro atoms. The zero-order valence-electron chi connectivity index (χ0n) is 14.2. The van der Waals surface area contributed by atoms with E-state index in [1.807, 2.05) is 30.3 Å². The van der Waals surface area contributed by atoms with Crippen molar-refractivity contribution in [1.29, 1.82) is 0 Å². The van der Waals surface area contributed by atoms with Crippen LogP contribution in [0, 0.1) is 0 Å². The molecular formula is C17H23NO7. The van der Waals surface area contributed by atoms with Gasteiger partial charge in [0.25, 0.3) is 0 Å². The van der Waals surface area contributed by atoms with Gasteiger partial charge in [-0.25, -0.2) is 4.79 Å². The van der Waals surface area contributed by atoms with Crippen LogP contribution in [-0.2, 0) is 25.6 Å². The van der Waals surface area contributed by atoms with Crippen molar-refractivity contribution >= 4 is 6.09 Å². The van der Waals surface area contributed by atoms with E-state index < -0.39 is 42.6 Å². The van der Waals surface area contributed by atoms with E-state index in [2.05, 4.69) is 5.32 Å². The summed E-state index contributed by atoms with van der Waals surface area (Å²) >= 11 is 0. The zero-order chi connectivity index (χ0) is 18.1. The first-order valence-electron chi connectivity index (χ1n) is 8.12. The number of aliphatic hydroxyl groups excluding tert-OH is 2. The Morgan fingerprint density at radius 1 is 1.24 bits per heavy atom. The van der Waals surface area contributed by atoms with Gasteiger partial charge in [0.05, 0.1) is 13.2 Å². The van der Waals surface area contributed by atoms with Crippen molar-refractivity contribution in [3.05, 3.63) is 35.9 Å². The molecule has 0 bridgehead atoms. The molecule has 2 saturated heterocycles. The normalized spacial score (nSPS) is 33.0. The van der Waals surface area contributed by atoms with Gasteiger partial charge >= 0.3 is 6.09 Å². The molecule has 0 aromatic heterocycles. The molecule has 4 atom stereocenters. The van der Waals surface area contributed by atoms with Crippen LogP contribution in [0.25, 0.3) is 0 Å². The smallest absolute Gasteiger partial charge is 0.407 e. The van der Waals surface area contributed by atoms with Crippen molar-refractivity contribution in [2.45, 2.75) is 50.3 Å². The molecular weight excluding hydrogens is 330 g/mol. The second-order valence-electron chi connectivity index (χ2n) is 6.67. The summed E-state index contributed by atoms with van der Waals surface area (Å²) < 4.78 is 21.9. The number of ether oxygens (including phenoxy) is 4. The summed E-state index contributed by atoms with van der Waals surface area (Å²) in [6, 6.07) is 9.24. The van der Waals surface area contributed by atoms with Crippen molar-refractivity contribution in [2.75, 3.05) is 13.2 Å². The van der Waals surface area contributed by atoms with Crippen LogP contribution < -0.4 is 5.32 Å². The summed E-state index contributed by atoms with van der Waals surface area (Å²) in [5, 5.41) is 22.7. The first-order valence-corrected chi connectivity index (χ1v) is 8.12. The van der Waals surface area contributed by atoms with Gasteiger partial charge < -0.3 is 34.5 Å². The number of amides is 1. The van der Waals surface area contributed by atoms with Gasteiger partial charge in [0.15, 0.2) is 12.1 Å². The second-order valence-corrected chi connectivity index (χ2v) is 6.67. The van der Waals surface area contributed by atoms with Gasteiger partial charge in [-0.3, -0.25) is 0 Å². The third-order valence-corrected chi connectivity index (χ3v) is 4.30. The molecule has 138 valence electrons. The van der Waals surface area contributed by atoms with Gasteiger partial charge in [0.2, 0.25) is 0 Å². The fourth-order valence-electron chi connectivity index (χ4n) is 2.99. The molecule has 3 N–H and O–H groups in total. The molecule has 8 heteroatoms. The Bertz CT molecular complexity index is 608. The molecule has 1 amide bonds. The molecule has 0 radical (unpaired) electrons. The van der Waals surface area contributed by atoms with E-state index in [1.165, 1.54) is 0 Å². The lowest BCUT2D eigenvalue weighted by Crippen LogP contribution is -2.55. The van der Waals surface area contributed by atoms with Crippen LogP contribution >= 0.6 is 0 Å². The molecule has 2 fully saturated rings. The van der Waals surface area contributed by atoms with Crippen LogP contribution in [0.4, 0.5) is 4.79 Å². The minimum absolute atomic E-state index is 0.119. The highest BCUT2D eigenvalue weighted by molar-refractivity contribution is 5.67. The van der Waals surface area contributed by atoms with E-state index in [4.69, 9.17) is 18.9 Å². The summed E-state index contributed by atoms with van der Waals surface area (Å²) in [5.41, 5.74) is -0.553. The zero-order valence-corrected chi connectivity index (χ0v) is 14.2. The van der Waals surface area contributed by atoms with E-state index in [9.17, 15) is 15.0 Å². The molecule has 0 saturated carbocycles. The van der Waals surface area contributed by atoms with Crippen molar-refractivity contribution in [3.8, 4) is 0 Å². The molecule has 2 aliphatic rings. The van der Waals surface area contributed by atoms with Crippen LogP contribution in [0.2, 0.25) is 0 Å². The number of rotatable bonds is 5. The standard InChI is InChI=1S/C17H23NO7/c1-16(2)23-12-13(20)17(10-19,25-14(12)24-16)9-18-15(21)22-8-11-6-4-3-5-7-11/h3-7,12-14,19-20H,8-10H2,1-2H3,(H,18,21)/t12-,13-,14+,17+/m1/s1. The second kappa shape index (κ2) is 6.89. The lowest BCUT2D eigenvalue weighted by atomic mass is 9.96. The molecule has 8 nitrogen and oxygen atoms in total. The Hall–Kier alpha value is -1.71. The van der Waals surface area contributed by atoms with Crippen molar-refractivity contribution in [1.82, 2.24) is 5.32 Å². The Kier molecular flexibility index (Phi) is 4.99. The van der Waals surface area contributed by atoms with E-state index in [0.29, 0.717) is 0 Å². The van der Waals surface area contributed by atoms with Gasteiger partial charge in [0.1, 0.15) is 24.4 Å². The summed E-state index contributed by atoms with van der Waals surface area (Å²) in [6.07, 6.45) is -3.37. The highest BCUT2D eigenvalue weighted by Gasteiger charge is 2.61. The maximum Gasteiger partial charge on any atom is 0.407 e. The predicted molar refractivity (Wildman–Crippen MR) is 85.4 cm³/mol. The van der Waals surface area contributed by atoms with E-state index in [1.54, 1.807) is 13.8 Å². The van der Waals surface area contributed by atoms with Gasteiger partial charge in [-0.05, 0) is 19.4 Å². The molecule has 2 heterocycles. The third-order valence-electron chi connectivity index (χ3n) is 4.30. The molecule has 1 aromatic rings. The number of carbonyl (C=O) groups is 1. The molecule has 3 rings (SSSR count). The number of alkyl carbamates (subject to hydrolysis) is 1. The van der Waals surface area contributed by atoms with Crippen molar-refractivity contribution in [2.24, 2.45) is 0 Å². The minimum Gasteiger partial charge on any atom is -0.445 e. The molecule has 2 aliphatic heterocycles. The summed E-state index contributed by atoms with van der Waals surface area (Å²) in [4.78, 5) is 11.9. The van der Waals surface area contributed by atoms with Crippen LogP contribution in [0.15, 0.2) is 30.3 Å². The Morgan fingerprint density at radius 2 is 1.96 bits per heavy atom. The molecule has 0 aliphatic carbocycles. The molecule has 25 heavy (non-hydrogen) atoms. The topological polar surface area (TPSA) is 106 Å². The number of aliphatic hydroxyl groups is 2. The fraction of sp³-hybridized carbons (Fsp3) is 0.588. The SMILES string of the molecule is CC1(C)O[C@H]2O[C@](CO)(CNC(=O)OCc3ccccc3)[C@H](O)[C@H]2O1. The predicted octanol–water partition coefficient (Wildman–Crippen LogP) is 0.513. The van der Waals surface area contributed by atoms with Gasteiger partial charge in [-0.1, -0.05) is 30.3 Å². The lowest BCUT2D eigenvalue weighted by molar-refractivity contribution is -0.244. The third kappa shape index (κ3) is 3.78. The number of hydrogen-bond acceptors (Lipinski definition) is 7.